The average molecular weight is 271 g/mol. The summed E-state index contributed by atoms with van der Waals surface area (Å²) in [5.74, 6) is -3.51. The van der Waals surface area contributed by atoms with Crippen LogP contribution in [0.3, 0.4) is 0 Å². The lowest BCUT2D eigenvalue weighted by molar-refractivity contribution is -0.222. The van der Waals surface area contributed by atoms with Crippen molar-refractivity contribution in [2.75, 3.05) is 26.2 Å². The van der Waals surface area contributed by atoms with Crippen molar-refractivity contribution >= 4 is 11.9 Å². The maximum Gasteiger partial charge on any atom is 0.490 e. The highest BCUT2D eigenvalue weighted by Gasteiger charge is 2.49. The van der Waals surface area contributed by atoms with Crippen molar-refractivity contribution in [3.8, 4) is 0 Å². The molecule has 2 saturated heterocycles. The molecule has 0 unspecified atom stereocenters. The second kappa shape index (κ2) is 5.11. The van der Waals surface area contributed by atoms with E-state index in [0.717, 1.165) is 26.1 Å². The summed E-state index contributed by atoms with van der Waals surface area (Å²) in [6.45, 7) is 2.62. The lowest BCUT2D eigenvalue weighted by atomic mass is 9.86. The van der Waals surface area contributed by atoms with Crippen molar-refractivity contribution in [1.29, 1.82) is 0 Å². The third-order valence-corrected chi connectivity index (χ3v) is 2.59. The summed E-state index contributed by atoms with van der Waals surface area (Å²) in [7, 11) is 0. The van der Waals surface area contributed by atoms with E-state index in [-0.39, 0.29) is 12.1 Å². The first-order chi connectivity index (χ1) is 8.15. The van der Waals surface area contributed by atoms with Crippen molar-refractivity contribution in [2.24, 2.45) is 0 Å². The number of carboxylic acid groups (broad SMARTS) is 2. The van der Waals surface area contributed by atoms with E-state index >= 15 is 0 Å². The average Bonchev–Trinajstić information content (AvgIpc) is 2.06. The predicted octanol–water partition coefficient (Wildman–Crippen LogP) is 0.179. The van der Waals surface area contributed by atoms with Gasteiger partial charge in [0.15, 0.2) is 0 Å². The molecular weight excluding hydrogens is 259 g/mol. The number of likely N-dealkylation sites (tertiary alicyclic amines) is 1. The second-order valence-electron chi connectivity index (χ2n) is 4.12. The first kappa shape index (κ1) is 14.7. The summed E-state index contributed by atoms with van der Waals surface area (Å²) in [5, 5.41) is 15.6. The van der Waals surface area contributed by atoms with Crippen LogP contribution < -0.4 is 0 Å². The molecule has 2 rings (SSSR count). The summed E-state index contributed by atoms with van der Waals surface area (Å²) < 4.78 is 37.1. The fraction of sp³-hybridized carbons (Fsp3) is 0.778. The number of aliphatic carboxylic acids is 2. The third-order valence-electron chi connectivity index (χ3n) is 2.59. The van der Waals surface area contributed by atoms with Crippen molar-refractivity contribution in [3.63, 3.8) is 0 Å². The SMILES string of the molecule is O=C(O)C(F)(F)F.O=C(O)CN1CC2(CCO2)C1. The molecule has 0 saturated carbocycles. The number of nitrogens with zero attached hydrogens (tertiary/aromatic N) is 1. The molecule has 1 spiro atoms. The van der Waals surface area contributed by atoms with Gasteiger partial charge >= 0.3 is 18.1 Å². The van der Waals surface area contributed by atoms with Crippen molar-refractivity contribution < 1.29 is 37.7 Å². The summed E-state index contributed by atoms with van der Waals surface area (Å²) >= 11 is 0. The van der Waals surface area contributed by atoms with E-state index < -0.39 is 18.1 Å². The quantitative estimate of drug-likeness (QED) is 0.745. The zero-order valence-electron chi connectivity index (χ0n) is 9.24. The second-order valence-corrected chi connectivity index (χ2v) is 4.12. The molecule has 104 valence electrons. The normalized spacial score (nSPS) is 21.3. The van der Waals surface area contributed by atoms with E-state index in [1.54, 1.807) is 0 Å². The van der Waals surface area contributed by atoms with Crippen LogP contribution in [0.2, 0.25) is 0 Å². The number of carboxylic acids is 2. The Balaban J connectivity index is 0.000000203. The Morgan fingerprint density at radius 2 is 1.72 bits per heavy atom. The molecule has 0 radical (unpaired) electrons. The van der Waals surface area contributed by atoms with Gasteiger partial charge in [-0.2, -0.15) is 13.2 Å². The van der Waals surface area contributed by atoms with E-state index in [1.165, 1.54) is 0 Å². The van der Waals surface area contributed by atoms with E-state index in [2.05, 4.69) is 0 Å². The molecule has 2 aliphatic rings. The Labute approximate surface area is 99.9 Å². The fourth-order valence-electron chi connectivity index (χ4n) is 1.71. The molecule has 2 N–H and O–H groups in total. The van der Waals surface area contributed by atoms with Gasteiger partial charge in [-0.3, -0.25) is 9.69 Å². The van der Waals surface area contributed by atoms with Gasteiger partial charge in [0, 0.05) is 19.5 Å². The van der Waals surface area contributed by atoms with E-state index in [4.69, 9.17) is 19.7 Å². The lowest BCUT2D eigenvalue weighted by Crippen LogP contribution is -2.68. The van der Waals surface area contributed by atoms with Crippen LogP contribution in [0.15, 0.2) is 0 Å². The molecule has 2 aliphatic heterocycles. The largest absolute Gasteiger partial charge is 0.490 e. The molecule has 9 heteroatoms. The van der Waals surface area contributed by atoms with Crippen LogP contribution >= 0.6 is 0 Å². The van der Waals surface area contributed by atoms with Gasteiger partial charge in [-0.05, 0) is 0 Å². The summed E-state index contributed by atoms with van der Waals surface area (Å²) in [6, 6.07) is 0. The van der Waals surface area contributed by atoms with Crippen molar-refractivity contribution in [3.05, 3.63) is 0 Å². The smallest absolute Gasteiger partial charge is 0.480 e. The Bertz CT molecular complexity index is 332. The van der Waals surface area contributed by atoms with Gasteiger partial charge < -0.3 is 14.9 Å². The number of hydrogen-bond donors (Lipinski definition) is 2. The Morgan fingerprint density at radius 1 is 1.28 bits per heavy atom. The van der Waals surface area contributed by atoms with Crippen LogP contribution in [0.5, 0.6) is 0 Å². The van der Waals surface area contributed by atoms with Gasteiger partial charge in [-0.25, -0.2) is 4.79 Å². The van der Waals surface area contributed by atoms with Crippen molar-refractivity contribution in [1.82, 2.24) is 4.90 Å². The van der Waals surface area contributed by atoms with Gasteiger partial charge in [0.25, 0.3) is 0 Å². The zero-order chi connectivity index (χ0) is 14.0. The first-order valence-corrected chi connectivity index (χ1v) is 5.03. The molecule has 0 amide bonds. The number of halogens is 3. The summed E-state index contributed by atoms with van der Waals surface area (Å²) in [4.78, 5) is 21.0. The molecule has 0 atom stereocenters. The van der Waals surface area contributed by atoms with E-state index in [1.807, 2.05) is 4.90 Å². The maximum atomic E-state index is 10.6. The highest BCUT2D eigenvalue weighted by molar-refractivity contribution is 5.73. The van der Waals surface area contributed by atoms with Crippen LogP contribution in [-0.2, 0) is 14.3 Å². The maximum absolute atomic E-state index is 10.6. The Morgan fingerprint density at radius 3 is 1.94 bits per heavy atom. The van der Waals surface area contributed by atoms with Gasteiger partial charge in [-0.1, -0.05) is 0 Å². The number of carbonyl (C=O) groups is 2. The molecular formula is C9H12F3NO5. The molecule has 0 aliphatic carbocycles. The minimum atomic E-state index is -5.08. The fourth-order valence-corrected chi connectivity index (χ4v) is 1.71. The molecule has 2 heterocycles. The monoisotopic (exact) mass is 271 g/mol. The summed E-state index contributed by atoms with van der Waals surface area (Å²) in [6.07, 6.45) is -3.98. The first-order valence-electron chi connectivity index (χ1n) is 5.03. The van der Waals surface area contributed by atoms with Gasteiger partial charge in [0.2, 0.25) is 0 Å². The van der Waals surface area contributed by atoms with Crippen LogP contribution in [0.1, 0.15) is 6.42 Å². The topological polar surface area (TPSA) is 87.1 Å². The van der Waals surface area contributed by atoms with Crippen molar-refractivity contribution in [2.45, 2.75) is 18.2 Å². The van der Waals surface area contributed by atoms with Crippen LogP contribution in [-0.4, -0.2) is 65.1 Å². The molecule has 0 aromatic carbocycles. The summed E-state index contributed by atoms with van der Waals surface area (Å²) in [5.41, 5.74) is 0.0649. The number of hydrogen-bond acceptors (Lipinski definition) is 4. The highest BCUT2D eigenvalue weighted by atomic mass is 19.4. The molecule has 0 aromatic rings. The van der Waals surface area contributed by atoms with Gasteiger partial charge in [0.05, 0.1) is 18.8 Å². The highest BCUT2D eigenvalue weighted by Crippen LogP contribution is 2.35. The molecule has 6 nitrogen and oxygen atoms in total. The van der Waals surface area contributed by atoms with E-state index in [0.29, 0.717) is 0 Å². The third kappa shape index (κ3) is 3.84. The van der Waals surface area contributed by atoms with Crippen LogP contribution in [0.25, 0.3) is 0 Å². The van der Waals surface area contributed by atoms with Gasteiger partial charge in [0.1, 0.15) is 0 Å². The number of ether oxygens (including phenoxy) is 1. The van der Waals surface area contributed by atoms with Crippen LogP contribution in [0.4, 0.5) is 13.2 Å². The van der Waals surface area contributed by atoms with Crippen LogP contribution in [0, 0.1) is 0 Å². The zero-order valence-corrected chi connectivity index (χ0v) is 9.24. The number of rotatable bonds is 2. The lowest BCUT2D eigenvalue weighted by Gasteiger charge is -2.54. The predicted molar refractivity (Wildman–Crippen MR) is 51.1 cm³/mol. The molecule has 2 fully saturated rings. The minimum absolute atomic E-state index is 0.0649. The van der Waals surface area contributed by atoms with E-state index in [9.17, 15) is 18.0 Å². The minimum Gasteiger partial charge on any atom is -0.480 e. The Kier molecular flexibility index (Phi) is 4.17. The Hall–Kier alpha value is -1.35. The molecule has 0 aromatic heterocycles. The standard InChI is InChI=1S/C7H11NO3.C2HF3O2/c9-6(10)3-8-4-7(5-8)1-2-11-7;3-2(4,5)1(6)7/h1-5H2,(H,9,10);(H,6,7). The van der Waals surface area contributed by atoms with Gasteiger partial charge in [-0.15, -0.1) is 0 Å². The molecule has 18 heavy (non-hydrogen) atoms. The molecule has 0 bridgehead atoms. The number of alkyl halides is 3.